The Balaban J connectivity index is 1.36. The molecule has 2 aromatic carbocycles. The fourth-order valence-corrected chi connectivity index (χ4v) is 3.54. The van der Waals surface area contributed by atoms with Crippen molar-refractivity contribution in [2.24, 2.45) is 0 Å². The van der Waals surface area contributed by atoms with Crippen molar-refractivity contribution in [2.75, 3.05) is 44.8 Å². The third-order valence-electron chi connectivity index (χ3n) is 5.52. The zero-order chi connectivity index (χ0) is 24.2. The molecule has 8 heteroatoms. The molecule has 182 valence electrons. The average Bonchev–Trinajstić information content (AvgIpc) is 2.85. The molecule has 1 aliphatic rings. The molecule has 0 bridgehead atoms. The summed E-state index contributed by atoms with van der Waals surface area (Å²) >= 11 is 0. The Bertz CT molecular complexity index is 955. The normalized spacial score (nSPS) is 13.8. The van der Waals surface area contributed by atoms with Crippen LogP contribution < -0.4 is 15.4 Å². The second-order valence-corrected chi connectivity index (χ2v) is 8.36. The van der Waals surface area contributed by atoms with Crippen LogP contribution in [0.4, 0.5) is 5.69 Å². The molecule has 0 atom stereocenters. The van der Waals surface area contributed by atoms with Gasteiger partial charge in [0.1, 0.15) is 11.5 Å². The minimum atomic E-state index is -0.236. The van der Waals surface area contributed by atoms with Crippen molar-refractivity contribution in [3.8, 4) is 5.75 Å². The van der Waals surface area contributed by atoms with E-state index in [9.17, 15) is 14.4 Å². The smallest absolute Gasteiger partial charge is 0.258 e. The molecule has 1 aliphatic heterocycles. The van der Waals surface area contributed by atoms with E-state index in [1.54, 1.807) is 19.1 Å². The zero-order valence-corrected chi connectivity index (χ0v) is 19.7. The van der Waals surface area contributed by atoms with Gasteiger partial charge < -0.3 is 24.9 Å². The molecule has 1 saturated heterocycles. The highest BCUT2D eigenvalue weighted by atomic mass is 16.5. The molecule has 8 nitrogen and oxygen atoms in total. The summed E-state index contributed by atoms with van der Waals surface area (Å²) in [5.74, 6) is 0.492. The SMILES string of the molecule is CC(=O)CCc1ccc(OCC(=O)NCc2cccc(NC(=O)CCN3CCOCC3)c2)cc1. The lowest BCUT2D eigenvalue weighted by molar-refractivity contribution is -0.123. The number of benzene rings is 2. The molecule has 1 fully saturated rings. The number of nitrogens with zero attached hydrogens (tertiary/aromatic N) is 1. The first-order chi connectivity index (χ1) is 16.5. The van der Waals surface area contributed by atoms with Crippen LogP contribution >= 0.6 is 0 Å². The van der Waals surface area contributed by atoms with Crippen LogP contribution in [0, 0.1) is 0 Å². The topological polar surface area (TPSA) is 97.0 Å². The number of anilines is 1. The van der Waals surface area contributed by atoms with Crippen molar-refractivity contribution >= 4 is 23.3 Å². The fraction of sp³-hybridized carbons (Fsp3) is 0.423. The van der Waals surface area contributed by atoms with Gasteiger partial charge in [0.2, 0.25) is 5.91 Å². The zero-order valence-electron chi connectivity index (χ0n) is 19.7. The van der Waals surface area contributed by atoms with Crippen LogP contribution in [0.25, 0.3) is 0 Å². The van der Waals surface area contributed by atoms with Gasteiger partial charge in [-0.2, -0.15) is 0 Å². The number of morpholine rings is 1. The third-order valence-corrected chi connectivity index (χ3v) is 5.52. The van der Waals surface area contributed by atoms with Crippen molar-refractivity contribution < 1.29 is 23.9 Å². The molecule has 2 amide bonds. The van der Waals surface area contributed by atoms with E-state index in [2.05, 4.69) is 15.5 Å². The van der Waals surface area contributed by atoms with Crippen LogP contribution in [0.5, 0.6) is 5.75 Å². The number of hydrogen-bond acceptors (Lipinski definition) is 6. The van der Waals surface area contributed by atoms with Gasteiger partial charge in [-0.3, -0.25) is 14.5 Å². The molecule has 2 N–H and O–H groups in total. The average molecular weight is 468 g/mol. The lowest BCUT2D eigenvalue weighted by Crippen LogP contribution is -2.38. The number of rotatable bonds is 12. The van der Waals surface area contributed by atoms with Gasteiger partial charge in [-0.25, -0.2) is 0 Å². The molecule has 34 heavy (non-hydrogen) atoms. The predicted octanol–water partition coefficient (Wildman–Crippen LogP) is 2.56. The molecular weight excluding hydrogens is 434 g/mol. The summed E-state index contributed by atoms with van der Waals surface area (Å²) < 4.78 is 10.9. The Hall–Kier alpha value is -3.23. The summed E-state index contributed by atoms with van der Waals surface area (Å²) in [4.78, 5) is 37.7. The molecule has 1 heterocycles. The van der Waals surface area contributed by atoms with Crippen molar-refractivity contribution in [2.45, 2.75) is 32.7 Å². The lowest BCUT2D eigenvalue weighted by Gasteiger charge is -2.26. The summed E-state index contributed by atoms with van der Waals surface area (Å²) in [5.41, 5.74) is 2.65. The van der Waals surface area contributed by atoms with Crippen molar-refractivity contribution in [1.82, 2.24) is 10.2 Å². The molecule has 0 aromatic heterocycles. The van der Waals surface area contributed by atoms with E-state index in [0.717, 1.165) is 37.4 Å². The number of carbonyl (C=O) groups is 3. The van der Waals surface area contributed by atoms with Crippen LogP contribution in [-0.4, -0.2) is 62.0 Å². The summed E-state index contributed by atoms with van der Waals surface area (Å²) in [5, 5.41) is 5.75. The molecular formula is C26H33N3O5. The quantitative estimate of drug-likeness (QED) is 0.498. The van der Waals surface area contributed by atoms with E-state index >= 15 is 0 Å². The summed E-state index contributed by atoms with van der Waals surface area (Å²) in [7, 11) is 0. The highest BCUT2D eigenvalue weighted by Gasteiger charge is 2.12. The third kappa shape index (κ3) is 9.33. The van der Waals surface area contributed by atoms with Gasteiger partial charge in [0.05, 0.1) is 13.2 Å². The van der Waals surface area contributed by atoms with Gasteiger partial charge in [0.25, 0.3) is 5.91 Å². The van der Waals surface area contributed by atoms with Gasteiger partial charge in [0, 0.05) is 44.7 Å². The highest BCUT2D eigenvalue weighted by molar-refractivity contribution is 5.90. The first-order valence-corrected chi connectivity index (χ1v) is 11.6. The van der Waals surface area contributed by atoms with E-state index in [1.165, 1.54) is 0 Å². The number of amides is 2. The Kier molecular flexibility index (Phi) is 10.1. The lowest BCUT2D eigenvalue weighted by atomic mass is 10.1. The molecule has 0 unspecified atom stereocenters. The summed E-state index contributed by atoms with van der Waals surface area (Å²) in [6, 6.07) is 14.8. The number of ketones is 1. The fourth-order valence-electron chi connectivity index (χ4n) is 3.54. The minimum absolute atomic E-state index is 0.0339. The maximum absolute atomic E-state index is 12.3. The van der Waals surface area contributed by atoms with E-state index in [-0.39, 0.29) is 24.2 Å². The molecule has 0 saturated carbocycles. The van der Waals surface area contributed by atoms with Crippen LogP contribution in [0.3, 0.4) is 0 Å². The maximum Gasteiger partial charge on any atom is 0.258 e. The molecule has 0 spiro atoms. The molecule has 3 rings (SSSR count). The Morgan fingerprint density at radius 3 is 2.47 bits per heavy atom. The number of carbonyl (C=O) groups excluding carboxylic acids is 3. The number of Topliss-reactive ketones (excluding diaryl/α,β-unsaturated/α-hetero) is 1. The first kappa shape index (κ1) is 25.4. The number of ether oxygens (including phenoxy) is 2. The van der Waals surface area contributed by atoms with Gasteiger partial charge >= 0.3 is 0 Å². The van der Waals surface area contributed by atoms with Gasteiger partial charge in [-0.1, -0.05) is 24.3 Å². The van der Waals surface area contributed by atoms with Crippen molar-refractivity contribution in [1.29, 1.82) is 0 Å². The standard InChI is InChI=1S/C26H33N3O5/c1-20(30)5-6-21-7-9-24(10-8-21)34-19-26(32)27-18-22-3-2-4-23(17-22)28-25(31)11-12-29-13-15-33-16-14-29/h2-4,7-10,17H,5-6,11-16,18-19H2,1H3,(H,27,32)(H,28,31). The van der Waals surface area contributed by atoms with E-state index < -0.39 is 0 Å². The van der Waals surface area contributed by atoms with Crippen LogP contribution in [0.2, 0.25) is 0 Å². The monoisotopic (exact) mass is 467 g/mol. The van der Waals surface area contributed by atoms with Crippen molar-refractivity contribution in [3.05, 3.63) is 59.7 Å². The Morgan fingerprint density at radius 2 is 1.74 bits per heavy atom. The Morgan fingerprint density at radius 1 is 0.971 bits per heavy atom. The van der Waals surface area contributed by atoms with Crippen molar-refractivity contribution in [3.63, 3.8) is 0 Å². The van der Waals surface area contributed by atoms with Crippen LogP contribution in [0.15, 0.2) is 48.5 Å². The summed E-state index contributed by atoms with van der Waals surface area (Å²) in [6.07, 6.45) is 1.64. The largest absolute Gasteiger partial charge is 0.484 e. The highest BCUT2D eigenvalue weighted by Crippen LogP contribution is 2.14. The van der Waals surface area contributed by atoms with Gasteiger partial charge in [-0.05, 0) is 48.7 Å². The minimum Gasteiger partial charge on any atom is -0.484 e. The molecule has 2 aromatic rings. The van der Waals surface area contributed by atoms with Crippen LogP contribution in [0.1, 0.15) is 30.9 Å². The predicted molar refractivity (Wildman–Crippen MR) is 130 cm³/mol. The van der Waals surface area contributed by atoms with Crippen LogP contribution in [-0.2, 0) is 32.1 Å². The second-order valence-electron chi connectivity index (χ2n) is 8.36. The van der Waals surface area contributed by atoms with Gasteiger partial charge in [0.15, 0.2) is 6.61 Å². The summed E-state index contributed by atoms with van der Waals surface area (Å²) in [6.45, 7) is 5.69. The Labute approximate surface area is 200 Å². The van der Waals surface area contributed by atoms with Gasteiger partial charge in [-0.15, -0.1) is 0 Å². The number of hydrogen-bond donors (Lipinski definition) is 2. The van der Waals surface area contributed by atoms with E-state index in [1.807, 2.05) is 36.4 Å². The molecule has 0 aliphatic carbocycles. The molecule has 0 radical (unpaired) electrons. The maximum atomic E-state index is 12.3. The number of aryl methyl sites for hydroxylation is 1. The second kappa shape index (κ2) is 13.5. The first-order valence-electron chi connectivity index (χ1n) is 11.6. The van der Waals surface area contributed by atoms with E-state index in [0.29, 0.717) is 43.8 Å². The number of nitrogens with one attached hydrogen (secondary N) is 2. The van der Waals surface area contributed by atoms with E-state index in [4.69, 9.17) is 9.47 Å².